The summed E-state index contributed by atoms with van der Waals surface area (Å²) in [6, 6.07) is 9.15. The van der Waals surface area contributed by atoms with E-state index in [4.69, 9.17) is 9.47 Å². The number of hydrogen-bond acceptors (Lipinski definition) is 5. The first-order chi connectivity index (χ1) is 11.6. The number of rotatable bonds is 2. The number of nitrogens with zero attached hydrogens (tertiary/aromatic N) is 3. The van der Waals surface area contributed by atoms with E-state index < -0.39 is 6.10 Å². The van der Waals surface area contributed by atoms with Crippen molar-refractivity contribution in [3.63, 3.8) is 0 Å². The fraction of sp³-hybridized carbons (Fsp3) is 0.235. The van der Waals surface area contributed by atoms with Crippen molar-refractivity contribution in [2.45, 2.75) is 13.0 Å². The molecule has 1 N–H and O–H groups in total. The van der Waals surface area contributed by atoms with Gasteiger partial charge in [0.1, 0.15) is 6.61 Å². The maximum Gasteiger partial charge on any atom is 0.269 e. The summed E-state index contributed by atoms with van der Waals surface area (Å²) in [6.07, 6.45) is 0.907. The van der Waals surface area contributed by atoms with E-state index in [0.29, 0.717) is 17.2 Å². The standard InChI is InChI=1S/C17H16N4O3/c1-10-12-7-11(8-18-16(12)21(2)20-10)19-17(22)15-9-23-13-5-3-4-6-14(13)24-15/h3-8,15H,9H2,1-2H3,(H,19,22)/t15-/m0/s1. The minimum absolute atomic E-state index is 0.171. The number of aromatic nitrogens is 3. The molecule has 122 valence electrons. The molecule has 24 heavy (non-hydrogen) atoms. The molecule has 1 aliphatic heterocycles. The zero-order valence-electron chi connectivity index (χ0n) is 13.3. The van der Waals surface area contributed by atoms with Crippen molar-refractivity contribution >= 4 is 22.6 Å². The Balaban J connectivity index is 1.53. The molecule has 0 spiro atoms. The van der Waals surface area contributed by atoms with Crippen molar-refractivity contribution in [1.29, 1.82) is 0 Å². The number of carbonyl (C=O) groups is 1. The van der Waals surface area contributed by atoms with Crippen LogP contribution in [0.5, 0.6) is 11.5 Å². The molecule has 3 heterocycles. The molecule has 0 aliphatic carbocycles. The van der Waals surface area contributed by atoms with Gasteiger partial charge in [0.2, 0.25) is 6.10 Å². The lowest BCUT2D eigenvalue weighted by Crippen LogP contribution is -2.40. The maximum atomic E-state index is 12.4. The number of benzene rings is 1. The van der Waals surface area contributed by atoms with Crippen LogP contribution in [0, 0.1) is 6.92 Å². The maximum absolute atomic E-state index is 12.4. The van der Waals surface area contributed by atoms with Gasteiger partial charge in [-0.2, -0.15) is 5.10 Å². The molecule has 1 amide bonds. The smallest absolute Gasteiger partial charge is 0.269 e. The van der Waals surface area contributed by atoms with Crippen LogP contribution in [0.3, 0.4) is 0 Å². The number of hydrogen-bond donors (Lipinski definition) is 1. The van der Waals surface area contributed by atoms with Gasteiger partial charge in [0.05, 0.1) is 17.6 Å². The van der Waals surface area contributed by atoms with Crippen LogP contribution in [-0.4, -0.2) is 33.4 Å². The third-order valence-electron chi connectivity index (χ3n) is 3.93. The molecule has 0 bridgehead atoms. The molecule has 2 aromatic heterocycles. The molecule has 1 aromatic carbocycles. The van der Waals surface area contributed by atoms with Gasteiger partial charge in [-0.1, -0.05) is 12.1 Å². The molecule has 0 saturated carbocycles. The first kappa shape index (κ1) is 14.5. The molecule has 1 atom stereocenters. The number of fused-ring (bicyclic) bond motifs is 2. The lowest BCUT2D eigenvalue weighted by atomic mass is 10.2. The molecular formula is C17H16N4O3. The van der Waals surface area contributed by atoms with Crippen LogP contribution in [0.1, 0.15) is 5.69 Å². The van der Waals surface area contributed by atoms with Gasteiger partial charge in [0, 0.05) is 12.4 Å². The Kier molecular flexibility index (Phi) is 3.34. The van der Waals surface area contributed by atoms with Crippen LogP contribution < -0.4 is 14.8 Å². The SMILES string of the molecule is Cc1nn(C)c2ncc(NC(=O)[C@@H]3COc4ccccc4O3)cc12. The molecule has 0 saturated heterocycles. The van der Waals surface area contributed by atoms with E-state index in [0.717, 1.165) is 16.7 Å². The van der Waals surface area contributed by atoms with Crippen LogP contribution >= 0.6 is 0 Å². The number of anilines is 1. The first-order valence-electron chi connectivity index (χ1n) is 7.60. The summed E-state index contributed by atoms with van der Waals surface area (Å²) in [5, 5.41) is 8.05. The van der Waals surface area contributed by atoms with Gasteiger partial charge >= 0.3 is 0 Å². The van der Waals surface area contributed by atoms with Crippen LogP contribution in [0.2, 0.25) is 0 Å². The fourth-order valence-corrected chi connectivity index (χ4v) is 2.75. The minimum Gasteiger partial charge on any atom is -0.485 e. The second kappa shape index (κ2) is 5.52. The fourth-order valence-electron chi connectivity index (χ4n) is 2.75. The van der Waals surface area contributed by atoms with E-state index in [-0.39, 0.29) is 12.5 Å². The Bertz CT molecular complexity index is 935. The third kappa shape index (κ3) is 2.44. The largest absolute Gasteiger partial charge is 0.485 e. The van der Waals surface area contributed by atoms with Gasteiger partial charge in [-0.25, -0.2) is 4.98 Å². The van der Waals surface area contributed by atoms with E-state index in [9.17, 15) is 4.79 Å². The van der Waals surface area contributed by atoms with Crippen molar-refractivity contribution in [3.05, 3.63) is 42.2 Å². The van der Waals surface area contributed by atoms with Gasteiger partial charge in [-0.05, 0) is 25.1 Å². The van der Waals surface area contributed by atoms with E-state index in [1.54, 1.807) is 16.9 Å². The van der Waals surface area contributed by atoms with E-state index in [1.807, 2.05) is 38.2 Å². The van der Waals surface area contributed by atoms with Gasteiger partial charge < -0.3 is 14.8 Å². The summed E-state index contributed by atoms with van der Waals surface area (Å²) < 4.78 is 13.0. The number of carbonyl (C=O) groups excluding carboxylic acids is 1. The molecule has 7 heteroatoms. The van der Waals surface area contributed by atoms with Crippen LogP contribution in [0.15, 0.2) is 36.5 Å². The summed E-state index contributed by atoms with van der Waals surface area (Å²) in [6.45, 7) is 2.08. The highest BCUT2D eigenvalue weighted by atomic mass is 16.6. The highest BCUT2D eigenvalue weighted by Crippen LogP contribution is 2.31. The van der Waals surface area contributed by atoms with Crippen LogP contribution in [0.25, 0.3) is 11.0 Å². The average molecular weight is 324 g/mol. The quantitative estimate of drug-likeness (QED) is 0.780. The average Bonchev–Trinajstić information content (AvgIpc) is 2.88. The number of nitrogens with one attached hydrogen (secondary N) is 1. The van der Waals surface area contributed by atoms with Crippen molar-refractivity contribution in [2.75, 3.05) is 11.9 Å². The Labute approximate surface area is 138 Å². The highest BCUT2D eigenvalue weighted by Gasteiger charge is 2.27. The van der Waals surface area contributed by atoms with Crippen LogP contribution in [0.4, 0.5) is 5.69 Å². The Morgan fingerprint density at radius 2 is 2.12 bits per heavy atom. The molecule has 1 aliphatic rings. The minimum atomic E-state index is -0.703. The first-order valence-corrected chi connectivity index (χ1v) is 7.60. The predicted octanol–water partition coefficient (Wildman–Crippen LogP) is 2.06. The number of para-hydroxylation sites is 2. The Morgan fingerprint density at radius 3 is 2.96 bits per heavy atom. The van der Waals surface area contributed by atoms with Crippen molar-refractivity contribution in [2.24, 2.45) is 7.05 Å². The second-order valence-electron chi connectivity index (χ2n) is 5.66. The topological polar surface area (TPSA) is 78.3 Å². The Morgan fingerprint density at radius 1 is 1.33 bits per heavy atom. The van der Waals surface area contributed by atoms with E-state index in [1.165, 1.54) is 0 Å². The summed E-state index contributed by atoms with van der Waals surface area (Å²) in [7, 11) is 1.84. The van der Waals surface area contributed by atoms with Gasteiger partial charge in [0.15, 0.2) is 17.1 Å². The summed E-state index contributed by atoms with van der Waals surface area (Å²) >= 11 is 0. The zero-order chi connectivity index (χ0) is 16.7. The van der Waals surface area contributed by atoms with Gasteiger partial charge in [-0.15, -0.1) is 0 Å². The molecule has 4 rings (SSSR count). The van der Waals surface area contributed by atoms with Gasteiger partial charge in [-0.3, -0.25) is 9.48 Å². The van der Waals surface area contributed by atoms with Crippen molar-refractivity contribution in [1.82, 2.24) is 14.8 Å². The molecule has 0 radical (unpaired) electrons. The second-order valence-corrected chi connectivity index (χ2v) is 5.66. The number of ether oxygens (including phenoxy) is 2. The van der Waals surface area contributed by atoms with Crippen molar-refractivity contribution < 1.29 is 14.3 Å². The van der Waals surface area contributed by atoms with E-state index >= 15 is 0 Å². The number of pyridine rings is 1. The van der Waals surface area contributed by atoms with Crippen LogP contribution in [-0.2, 0) is 11.8 Å². The van der Waals surface area contributed by atoms with Crippen molar-refractivity contribution in [3.8, 4) is 11.5 Å². The normalized spacial score (nSPS) is 16.2. The van der Waals surface area contributed by atoms with Gasteiger partial charge in [0.25, 0.3) is 5.91 Å². The third-order valence-corrected chi connectivity index (χ3v) is 3.93. The molecular weight excluding hydrogens is 308 g/mol. The monoisotopic (exact) mass is 324 g/mol. The summed E-state index contributed by atoms with van der Waals surface area (Å²) in [4.78, 5) is 16.8. The lowest BCUT2D eigenvalue weighted by Gasteiger charge is -2.25. The molecule has 3 aromatic rings. The lowest BCUT2D eigenvalue weighted by molar-refractivity contribution is -0.125. The molecule has 0 unspecified atom stereocenters. The Hall–Kier alpha value is -3.09. The van der Waals surface area contributed by atoms with E-state index in [2.05, 4.69) is 15.4 Å². The number of aryl methyl sites for hydroxylation is 2. The number of amides is 1. The predicted molar refractivity (Wildman–Crippen MR) is 88.2 cm³/mol. The summed E-state index contributed by atoms with van der Waals surface area (Å²) in [5.41, 5.74) is 2.24. The molecule has 0 fully saturated rings. The molecule has 7 nitrogen and oxygen atoms in total. The highest BCUT2D eigenvalue weighted by molar-refractivity contribution is 5.96. The summed E-state index contributed by atoms with van der Waals surface area (Å²) in [5.74, 6) is 0.948. The zero-order valence-corrected chi connectivity index (χ0v) is 13.3.